The zero-order valence-corrected chi connectivity index (χ0v) is 13.2. The third-order valence-electron chi connectivity index (χ3n) is 2.30. The van der Waals surface area contributed by atoms with E-state index in [2.05, 4.69) is 15.9 Å². The Labute approximate surface area is 121 Å². The van der Waals surface area contributed by atoms with Gasteiger partial charge in [0, 0.05) is 5.56 Å². The molecule has 114 valence electrons. The van der Waals surface area contributed by atoms with Crippen LogP contribution in [0.15, 0.2) is 4.47 Å². The van der Waals surface area contributed by atoms with Crippen molar-refractivity contribution in [2.24, 2.45) is 0 Å². The van der Waals surface area contributed by atoms with E-state index in [0.717, 1.165) is 0 Å². The van der Waals surface area contributed by atoms with Gasteiger partial charge in [-0.2, -0.15) is 0 Å². The molecule has 0 atom stereocenters. The molecule has 3 nitrogen and oxygen atoms in total. The van der Waals surface area contributed by atoms with Crippen molar-refractivity contribution in [3.63, 3.8) is 0 Å². The van der Waals surface area contributed by atoms with Gasteiger partial charge >= 0.3 is 7.60 Å². The standard InChI is InChI=1S/C11H12BrF4O3P/c1-3-18-20(17,19-4-2)5-6-8(13)10(15)7(12)11(16)9(6)14/h3-5H2,1-2H3. The van der Waals surface area contributed by atoms with Crippen molar-refractivity contribution >= 4 is 23.5 Å². The lowest BCUT2D eigenvalue weighted by molar-refractivity contribution is 0.218. The van der Waals surface area contributed by atoms with Crippen LogP contribution in [0.1, 0.15) is 19.4 Å². The van der Waals surface area contributed by atoms with Gasteiger partial charge in [-0.1, -0.05) is 0 Å². The van der Waals surface area contributed by atoms with Crippen molar-refractivity contribution in [3.8, 4) is 0 Å². The summed E-state index contributed by atoms with van der Waals surface area (Å²) in [6.07, 6.45) is -0.895. The van der Waals surface area contributed by atoms with Gasteiger partial charge in [0.1, 0.15) is 0 Å². The average molecular weight is 379 g/mol. The van der Waals surface area contributed by atoms with Crippen LogP contribution in [0, 0.1) is 23.3 Å². The Bertz CT molecular complexity index is 514. The fourth-order valence-electron chi connectivity index (χ4n) is 1.50. The number of rotatable bonds is 6. The first kappa shape index (κ1) is 17.6. The topological polar surface area (TPSA) is 35.5 Å². The zero-order chi connectivity index (χ0) is 15.5. The lowest BCUT2D eigenvalue weighted by Crippen LogP contribution is -2.07. The highest BCUT2D eigenvalue weighted by molar-refractivity contribution is 9.10. The molecule has 0 heterocycles. The summed E-state index contributed by atoms with van der Waals surface area (Å²) >= 11 is 2.39. The minimum Gasteiger partial charge on any atom is -0.309 e. The molecule has 0 unspecified atom stereocenters. The van der Waals surface area contributed by atoms with Crippen LogP contribution < -0.4 is 0 Å². The van der Waals surface area contributed by atoms with Crippen molar-refractivity contribution in [1.29, 1.82) is 0 Å². The molecule has 1 rings (SSSR count). The molecule has 0 saturated heterocycles. The fourth-order valence-corrected chi connectivity index (χ4v) is 3.56. The summed E-state index contributed by atoms with van der Waals surface area (Å²) in [6.45, 7) is 2.92. The summed E-state index contributed by atoms with van der Waals surface area (Å²) < 4.78 is 75.0. The third-order valence-corrected chi connectivity index (χ3v) is 5.01. The van der Waals surface area contributed by atoms with Crippen molar-refractivity contribution in [1.82, 2.24) is 0 Å². The molecule has 0 aliphatic carbocycles. The highest BCUT2D eigenvalue weighted by Gasteiger charge is 2.32. The summed E-state index contributed by atoms with van der Waals surface area (Å²) in [6, 6.07) is 0. The Morgan fingerprint density at radius 1 is 0.950 bits per heavy atom. The monoisotopic (exact) mass is 378 g/mol. The molecule has 0 bridgehead atoms. The first-order valence-electron chi connectivity index (χ1n) is 5.65. The number of hydrogen-bond donors (Lipinski definition) is 0. The Kier molecular flexibility index (Phi) is 6.19. The van der Waals surface area contributed by atoms with Crippen LogP contribution in [0.2, 0.25) is 0 Å². The van der Waals surface area contributed by atoms with E-state index in [1.165, 1.54) is 13.8 Å². The van der Waals surface area contributed by atoms with E-state index in [4.69, 9.17) is 9.05 Å². The highest BCUT2D eigenvalue weighted by atomic mass is 79.9. The van der Waals surface area contributed by atoms with Crippen LogP contribution in [0.4, 0.5) is 17.6 Å². The quantitative estimate of drug-likeness (QED) is 0.309. The maximum Gasteiger partial charge on any atom is 0.335 e. The van der Waals surface area contributed by atoms with Gasteiger partial charge in [0.2, 0.25) is 0 Å². The Balaban J connectivity index is 3.30. The highest BCUT2D eigenvalue weighted by Crippen LogP contribution is 2.52. The molecule has 20 heavy (non-hydrogen) atoms. The summed E-state index contributed by atoms with van der Waals surface area (Å²) in [4.78, 5) is 0. The molecule has 1 aromatic carbocycles. The lowest BCUT2D eigenvalue weighted by Gasteiger charge is -2.18. The van der Waals surface area contributed by atoms with E-state index in [0.29, 0.717) is 0 Å². The maximum atomic E-state index is 13.7. The van der Waals surface area contributed by atoms with Crippen LogP contribution >= 0.6 is 23.5 Å². The molecular weight excluding hydrogens is 367 g/mol. The van der Waals surface area contributed by atoms with Gasteiger partial charge < -0.3 is 9.05 Å². The first-order valence-corrected chi connectivity index (χ1v) is 8.17. The molecule has 0 aliphatic heterocycles. The molecule has 0 aromatic heterocycles. The normalized spacial score (nSPS) is 11.9. The van der Waals surface area contributed by atoms with E-state index < -0.39 is 47.1 Å². The molecule has 9 heteroatoms. The number of benzene rings is 1. The molecule has 0 aliphatic rings. The molecular formula is C11H12BrF4O3P. The van der Waals surface area contributed by atoms with Crippen LogP contribution in [-0.4, -0.2) is 13.2 Å². The Morgan fingerprint density at radius 3 is 1.70 bits per heavy atom. The fraction of sp³-hybridized carbons (Fsp3) is 0.455. The average Bonchev–Trinajstić information content (AvgIpc) is 2.40. The van der Waals surface area contributed by atoms with Gasteiger partial charge in [-0.05, 0) is 29.8 Å². The lowest BCUT2D eigenvalue weighted by atomic mass is 10.2. The predicted molar refractivity (Wildman–Crippen MR) is 68.5 cm³/mol. The third kappa shape index (κ3) is 3.61. The van der Waals surface area contributed by atoms with Gasteiger partial charge in [-0.3, -0.25) is 4.57 Å². The van der Waals surface area contributed by atoms with Gasteiger partial charge in [-0.15, -0.1) is 0 Å². The summed E-state index contributed by atoms with van der Waals surface area (Å²) in [5, 5.41) is 0. The molecule has 0 amide bonds. The molecule has 0 N–H and O–H groups in total. The van der Waals surface area contributed by atoms with Crippen LogP contribution in [0.3, 0.4) is 0 Å². The second-order valence-corrected chi connectivity index (χ2v) is 6.50. The second kappa shape index (κ2) is 7.02. The summed E-state index contributed by atoms with van der Waals surface area (Å²) in [5.74, 6) is -6.46. The van der Waals surface area contributed by atoms with Crippen LogP contribution in [0.25, 0.3) is 0 Å². The van der Waals surface area contributed by atoms with Crippen LogP contribution in [0.5, 0.6) is 0 Å². The molecule has 0 fully saturated rings. The predicted octanol–water partition coefficient (Wildman–Crippen LogP) is 4.77. The zero-order valence-electron chi connectivity index (χ0n) is 10.7. The van der Waals surface area contributed by atoms with E-state index in [1.54, 1.807) is 0 Å². The van der Waals surface area contributed by atoms with Crippen molar-refractivity contribution < 1.29 is 31.2 Å². The van der Waals surface area contributed by atoms with E-state index in [-0.39, 0.29) is 13.2 Å². The molecule has 0 spiro atoms. The van der Waals surface area contributed by atoms with Crippen LogP contribution in [-0.2, 0) is 19.8 Å². The van der Waals surface area contributed by atoms with Crippen molar-refractivity contribution in [2.75, 3.05) is 13.2 Å². The van der Waals surface area contributed by atoms with Gasteiger partial charge in [0.05, 0.1) is 23.8 Å². The number of halogens is 5. The van der Waals surface area contributed by atoms with Gasteiger partial charge in [-0.25, -0.2) is 17.6 Å². The molecule has 0 saturated carbocycles. The smallest absolute Gasteiger partial charge is 0.309 e. The summed E-state index contributed by atoms with van der Waals surface area (Å²) in [5.41, 5.74) is -1.01. The van der Waals surface area contributed by atoms with E-state index >= 15 is 0 Å². The molecule has 1 aromatic rings. The minimum absolute atomic E-state index is 0.0397. The van der Waals surface area contributed by atoms with Crippen molar-refractivity contribution in [2.45, 2.75) is 20.0 Å². The maximum absolute atomic E-state index is 13.7. The SMILES string of the molecule is CCOP(=O)(Cc1c(F)c(F)c(Br)c(F)c1F)OCC. The number of hydrogen-bond acceptors (Lipinski definition) is 3. The van der Waals surface area contributed by atoms with Gasteiger partial charge in [0.15, 0.2) is 23.3 Å². The van der Waals surface area contributed by atoms with E-state index in [1.807, 2.05) is 0 Å². The Hall–Kier alpha value is -0.430. The van der Waals surface area contributed by atoms with Gasteiger partial charge in [0.25, 0.3) is 0 Å². The minimum atomic E-state index is -3.88. The largest absolute Gasteiger partial charge is 0.335 e. The second-order valence-electron chi connectivity index (χ2n) is 3.65. The van der Waals surface area contributed by atoms with E-state index in [9.17, 15) is 22.1 Å². The summed E-state index contributed by atoms with van der Waals surface area (Å²) in [7, 11) is -3.88. The van der Waals surface area contributed by atoms with Crippen molar-refractivity contribution in [3.05, 3.63) is 33.3 Å². The Morgan fingerprint density at radius 2 is 1.35 bits per heavy atom. The first-order chi connectivity index (χ1) is 9.27. The molecule has 0 radical (unpaired) electrons.